The van der Waals surface area contributed by atoms with Crippen LogP contribution in [0.25, 0.3) is 156 Å². The van der Waals surface area contributed by atoms with Gasteiger partial charge in [-0.15, -0.1) is 0 Å². The number of fused-ring (bicyclic) bond motifs is 6. The van der Waals surface area contributed by atoms with E-state index in [-0.39, 0.29) is 0 Å². The fraction of sp³-hybridized carbons (Fsp3) is 0. The van der Waals surface area contributed by atoms with Gasteiger partial charge in [0.2, 0.25) is 0 Å². The largest absolute Gasteiger partial charge is 0.308 e. The summed E-state index contributed by atoms with van der Waals surface area (Å²) >= 11 is 0. The summed E-state index contributed by atoms with van der Waals surface area (Å²) in [7, 11) is 0. The van der Waals surface area contributed by atoms with E-state index in [1.165, 1.54) is 0 Å². The third kappa shape index (κ3) is 9.79. The highest BCUT2D eigenvalue weighted by Gasteiger charge is 2.25. The summed E-state index contributed by atoms with van der Waals surface area (Å²) in [5.74, 6) is 1.17. The highest BCUT2D eigenvalue weighted by Crippen LogP contribution is 2.44. The number of hydrogen-bond acceptors (Lipinski definition) is 6. The number of nitrogens with zero attached hydrogens (tertiary/aromatic N) is 8. The van der Waals surface area contributed by atoms with Gasteiger partial charge in [0, 0.05) is 38.2 Å². The molecular weight excluding hydrogens is 1120 g/mol. The van der Waals surface area contributed by atoms with Crippen molar-refractivity contribution in [3.8, 4) is 131 Å². The predicted octanol–water partition coefficient (Wildman–Crippen LogP) is 20.7. The quantitative estimate of drug-likeness (QED) is 0.127. The number of benzene rings is 13. The van der Waals surface area contributed by atoms with E-state index in [4.69, 9.17) is 15.0 Å². The van der Waals surface area contributed by atoms with Crippen molar-refractivity contribution in [3.63, 3.8) is 0 Å². The Morgan fingerprint density at radius 1 is 0.217 bits per heavy atom. The van der Waals surface area contributed by atoms with Gasteiger partial charge >= 0.3 is 0 Å². The molecule has 0 spiro atoms. The number of aromatic nitrogens is 5. The maximum atomic E-state index is 10.4. The second-order valence-electron chi connectivity index (χ2n) is 22.9. The third-order valence-corrected chi connectivity index (χ3v) is 17.5. The first-order valence-corrected chi connectivity index (χ1v) is 30.4. The van der Waals surface area contributed by atoms with Gasteiger partial charge < -0.3 is 9.13 Å². The highest BCUT2D eigenvalue weighted by molar-refractivity contribution is 6.14. The maximum Gasteiger partial charge on any atom is 0.166 e. The number of nitriles is 3. The van der Waals surface area contributed by atoms with Crippen molar-refractivity contribution in [2.75, 3.05) is 0 Å². The van der Waals surface area contributed by atoms with E-state index >= 15 is 0 Å². The SMILES string of the molecule is N#Cc1cccc(-c2ccc(-c3nc(-c4cccc(C#N)c4)nc(-c4ccc(-c5cccc(C#N)c5)cc4-n4c5ccc(-c6ccccc6)cc5c5cc(-c6ccccc6)ccc54)n3)c(-n3c4ccc(-c5ccccc5)cc4c4cc(-c5ccccc5)ccc43)c2)c1. The molecule has 8 nitrogen and oxygen atoms in total. The van der Waals surface area contributed by atoms with Crippen molar-refractivity contribution >= 4 is 43.6 Å². The first kappa shape index (κ1) is 54.3. The van der Waals surface area contributed by atoms with Crippen molar-refractivity contribution in [3.05, 3.63) is 320 Å². The van der Waals surface area contributed by atoms with E-state index in [0.29, 0.717) is 39.7 Å². The topological polar surface area (TPSA) is 120 Å². The molecule has 0 bridgehead atoms. The van der Waals surface area contributed by atoms with E-state index in [2.05, 4.69) is 234 Å². The zero-order chi connectivity index (χ0) is 61.7. The van der Waals surface area contributed by atoms with Gasteiger partial charge in [0.25, 0.3) is 0 Å². The van der Waals surface area contributed by atoms with Crippen LogP contribution in [0.1, 0.15) is 16.7 Å². The van der Waals surface area contributed by atoms with Crippen LogP contribution < -0.4 is 0 Å². The lowest BCUT2D eigenvalue weighted by Gasteiger charge is -2.18. The van der Waals surface area contributed by atoms with Gasteiger partial charge in [-0.2, -0.15) is 15.8 Å². The molecule has 0 N–H and O–H groups in total. The normalized spacial score (nSPS) is 11.2. The molecule has 8 heteroatoms. The molecule has 0 fully saturated rings. The van der Waals surface area contributed by atoms with E-state index in [9.17, 15) is 15.8 Å². The Morgan fingerprint density at radius 3 is 0.804 bits per heavy atom. The molecule has 3 heterocycles. The molecule has 16 aromatic rings. The highest BCUT2D eigenvalue weighted by atomic mass is 15.1. The van der Waals surface area contributed by atoms with Crippen LogP contribution in [0.4, 0.5) is 0 Å². The van der Waals surface area contributed by atoms with Gasteiger partial charge in [0.1, 0.15) is 0 Å². The molecule has 0 unspecified atom stereocenters. The summed E-state index contributed by atoms with van der Waals surface area (Å²) in [6, 6.07) is 111. The fourth-order valence-corrected chi connectivity index (χ4v) is 13.0. The van der Waals surface area contributed by atoms with Crippen molar-refractivity contribution in [2.24, 2.45) is 0 Å². The van der Waals surface area contributed by atoms with Crippen LogP contribution in [0, 0.1) is 34.0 Å². The second kappa shape index (κ2) is 22.9. The average molecular weight is 1170 g/mol. The van der Waals surface area contributed by atoms with Crippen LogP contribution in [0.3, 0.4) is 0 Å². The minimum Gasteiger partial charge on any atom is -0.308 e. The molecule has 0 aliphatic heterocycles. The summed E-state index contributed by atoms with van der Waals surface area (Å²) in [6.07, 6.45) is 0. The van der Waals surface area contributed by atoms with E-state index in [0.717, 1.165) is 133 Å². The zero-order valence-corrected chi connectivity index (χ0v) is 49.4. The summed E-state index contributed by atoms with van der Waals surface area (Å²) < 4.78 is 4.64. The van der Waals surface area contributed by atoms with Crippen LogP contribution in [0.5, 0.6) is 0 Å². The third-order valence-electron chi connectivity index (χ3n) is 17.5. The van der Waals surface area contributed by atoms with Crippen LogP contribution >= 0.6 is 0 Å². The predicted molar refractivity (Wildman–Crippen MR) is 372 cm³/mol. The second-order valence-corrected chi connectivity index (χ2v) is 22.9. The molecule has 0 saturated carbocycles. The molecule has 0 atom stereocenters. The van der Waals surface area contributed by atoms with E-state index < -0.39 is 0 Å². The van der Waals surface area contributed by atoms with Gasteiger partial charge in [-0.25, -0.2) is 15.0 Å². The molecule has 0 aliphatic rings. The van der Waals surface area contributed by atoms with Crippen LogP contribution in [0.15, 0.2) is 303 Å². The van der Waals surface area contributed by atoms with Crippen LogP contribution in [-0.4, -0.2) is 24.1 Å². The Hall–Kier alpha value is -13.1. The number of hydrogen-bond donors (Lipinski definition) is 0. The molecule has 0 amide bonds. The molecule has 0 aliphatic carbocycles. The van der Waals surface area contributed by atoms with Crippen molar-refractivity contribution in [1.82, 2.24) is 24.1 Å². The lowest BCUT2D eigenvalue weighted by molar-refractivity contribution is 1.06. The lowest BCUT2D eigenvalue weighted by Crippen LogP contribution is -2.06. The average Bonchev–Trinajstić information content (AvgIpc) is 1.57. The van der Waals surface area contributed by atoms with E-state index in [1.807, 2.05) is 91.0 Å². The lowest BCUT2D eigenvalue weighted by atomic mass is 9.99. The fourth-order valence-electron chi connectivity index (χ4n) is 13.0. The molecule has 16 rings (SSSR count). The maximum absolute atomic E-state index is 10.4. The smallest absolute Gasteiger partial charge is 0.166 e. The zero-order valence-electron chi connectivity index (χ0n) is 49.4. The van der Waals surface area contributed by atoms with Gasteiger partial charge in [0.05, 0.1) is 68.3 Å². The summed E-state index contributed by atoms with van der Waals surface area (Å²) in [6.45, 7) is 0. The summed E-state index contributed by atoms with van der Waals surface area (Å²) in [5.41, 5.74) is 21.5. The first-order chi connectivity index (χ1) is 45.4. The molecular formula is C84H50N8. The standard InChI is InChI=1S/C84H50N8/c85-51-54-16-13-27-61(42-54)67-30-36-70(80(49-67)91-76-38-32-63(57-19-5-1-6-20-57)45-72(76)73-46-64(33-39-77(73)91)58-21-7-2-8-22-58)83-88-82(69-29-15-18-56(44-69)53-87)89-84(90-83)71-37-31-68(62-28-14-17-55(43-62)52-86)50-81(71)92-78-40-34-65(59-23-9-3-10-24-59)47-74(78)75-48-66(35-41-79(75)92)60-25-11-4-12-26-60/h1-50H. The minimum atomic E-state index is 0.375. The number of rotatable bonds is 11. The molecule has 426 valence electrons. The van der Waals surface area contributed by atoms with Crippen molar-refractivity contribution in [1.29, 1.82) is 15.8 Å². The van der Waals surface area contributed by atoms with Crippen molar-refractivity contribution < 1.29 is 0 Å². The summed E-state index contributed by atoms with van der Waals surface area (Å²) in [4.78, 5) is 16.6. The van der Waals surface area contributed by atoms with Crippen LogP contribution in [-0.2, 0) is 0 Å². The molecule has 0 saturated heterocycles. The molecule has 92 heavy (non-hydrogen) atoms. The Balaban J connectivity index is 0.990. The summed E-state index contributed by atoms with van der Waals surface area (Å²) in [5, 5.41) is 35.1. The van der Waals surface area contributed by atoms with Crippen molar-refractivity contribution in [2.45, 2.75) is 0 Å². The Labute approximate surface area is 531 Å². The first-order valence-electron chi connectivity index (χ1n) is 30.4. The van der Waals surface area contributed by atoms with Gasteiger partial charge in [-0.05, 0) is 176 Å². The van der Waals surface area contributed by atoms with Gasteiger partial charge in [0.15, 0.2) is 17.5 Å². The van der Waals surface area contributed by atoms with Crippen LogP contribution in [0.2, 0.25) is 0 Å². The van der Waals surface area contributed by atoms with E-state index in [1.54, 1.807) is 6.07 Å². The van der Waals surface area contributed by atoms with Gasteiger partial charge in [-0.3, -0.25) is 0 Å². The Kier molecular flexibility index (Phi) is 13.5. The minimum absolute atomic E-state index is 0.375. The molecule has 3 aromatic heterocycles. The monoisotopic (exact) mass is 1170 g/mol. The molecule has 13 aromatic carbocycles. The molecule has 0 radical (unpaired) electrons. The Bertz CT molecular complexity index is 5210. The van der Waals surface area contributed by atoms with Gasteiger partial charge in [-0.1, -0.05) is 194 Å². The Morgan fingerprint density at radius 2 is 0.478 bits per heavy atom.